The van der Waals surface area contributed by atoms with E-state index in [4.69, 9.17) is 5.11 Å². The van der Waals surface area contributed by atoms with E-state index in [9.17, 15) is 4.79 Å². The Morgan fingerprint density at radius 3 is 2.30 bits per heavy atom. The Balaban J connectivity index is 1.68. The molecule has 0 aliphatic carbocycles. The zero-order valence-electron chi connectivity index (χ0n) is 15.5. The van der Waals surface area contributed by atoms with Crippen molar-refractivity contribution in [2.75, 3.05) is 11.1 Å². The van der Waals surface area contributed by atoms with Crippen molar-refractivity contribution in [1.82, 2.24) is 0 Å². The molecule has 0 aliphatic heterocycles. The van der Waals surface area contributed by atoms with E-state index in [1.165, 1.54) is 39.6 Å². The summed E-state index contributed by atoms with van der Waals surface area (Å²) in [4.78, 5) is 11.6. The van der Waals surface area contributed by atoms with Crippen molar-refractivity contribution in [3.63, 3.8) is 0 Å². The number of rotatable bonds is 7. The molecule has 0 saturated carbocycles. The van der Waals surface area contributed by atoms with Gasteiger partial charge in [0.05, 0.1) is 5.75 Å². The fraction of sp³-hybridized carbons (Fsp3) is 0.174. The van der Waals surface area contributed by atoms with Gasteiger partial charge >= 0.3 is 5.97 Å². The van der Waals surface area contributed by atoms with E-state index >= 15 is 0 Å². The number of nitrogens with one attached hydrogen (secondary N) is 1. The summed E-state index contributed by atoms with van der Waals surface area (Å²) in [5.41, 5.74) is 7.36. The molecule has 0 radical (unpaired) electrons. The molecule has 0 heterocycles. The zero-order chi connectivity index (χ0) is 19.2. The highest BCUT2D eigenvalue weighted by Crippen LogP contribution is 2.28. The molecule has 0 saturated heterocycles. The van der Waals surface area contributed by atoms with Gasteiger partial charge in [-0.05, 0) is 72.0 Å². The Morgan fingerprint density at radius 1 is 0.963 bits per heavy atom. The number of anilines is 1. The molecule has 0 atom stereocenters. The first kappa shape index (κ1) is 19.1. The molecule has 0 unspecified atom stereocenters. The molecule has 2 N–H and O–H groups in total. The van der Waals surface area contributed by atoms with E-state index in [1.54, 1.807) is 0 Å². The SMILES string of the molecule is Cc1cccc(C)c1-c1cccc(CNc2ccc(SCC(=O)O)cc2)c1. The molecule has 3 aromatic carbocycles. The number of carboxylic acids is 1. The lowest BCUT2D eigenvalue weighted by atomic mass is 9.95. The Morgan fingerprint density at radius 2 is 1.63 bits per heavy atom. The number of hydrogen-bond donors (Lipinski definition) is 2. The van der Waals surface area contributed by atoms with Crippen molar-refractivity contribution in [3.05, 3.63) is 83.4 Å². The topological polar surface area (TPSA) is 49.3 Å². The predicted octanol–water partition coefficient (Wildman–Crippen LogP) is 5.76. The highest BCUT2D eigenvalue weighted by molar-refractivity contribution is 8.00. The first-order valence-electron chi connectivity index (χ1n) is 8.87. The van der Waals surface area contributed by atoms with E-state index in [-0.39, 0.29) is 5.75 Å². The van der Waals surface area contributed by atoms with Gasteiger partial charge in [-0.25, -0.2) is 0 Å². The maximum absolute atomic E-state index is 10.6. The first-order valence-corrected chi connectivity index (χ1v) is 9.85. The quantitative estimate of drug-likeness (QED) is 0.514. The Hall–Kier alpha value is -2.72. The molecule has 3 nitrogen and oxygen atoms in total. The third-order valence-electron chi connectivity index (χ3n) is 4.41. The summed E-state index contributed by atoms with van der Waals surface area (Å²) in [5, 5.41) is 12.2. The van der Waals surface area contributed by atoms with Gasteiger partial charge in [0, 0.05) is 17.1 Å². The molecular formula is C23H23NO2S. The van der Waals surface area contributed by atoms with Crippen LogP contribution in [0.5, 0.6) is 0 Å². The van der Waals surface area contributed by atoms with Crippen molar-refractivity contribution in [3.8, 4) is 11.1 Å². The van der Waals surface area contributed by atoms with Crippen molar-refractivity contribution in [2.45, 2.75) is 25.3 Å². The van der Waals surface area contributed by atoms with E-state index < -0.39 is 5.97 Å². The predicted molar refractivity (Wildman–Crippen MR) is 113 cm³/mol. The summed E-state index contributed by atoms with van der Waals surface area (Å²) in [6.07, 6.45) is 0. The van der Waals surface area contributed by atoms with Gasteiger partial charge in [-0.2, -0.15) is 0 Å². The zero-order valence-corrected chi connectivity index (χ0v) is 16.3. The fourth-order valence-corrected chi connectivity index (χ4v) is 3.74. The normalized spacial score (nSPS) is 10.6. The molecule has 3 aromatic rings. The van der Waals surface area contributed by atoms with E-state index in [2.05, 4.69) is 61.6 Å². The summed E-state index contributed by atoms with van der Waals surface area (Å²) < 4.78 is 0. The minimum Gasteiger partial charge on any atom is -0.481 e. The van der Waals surface area contributed by atoms with Gasteiger partial charge in [0.2, 0.25) is 0 Å². The van der Waals surface area contributed by atoms with Gasteiger partial charge in [0.25, 0.3) is 0 Å². The summed E-state index contributed by atoms with van der Waals surface area (Å²) in [7, 11) is 0. The van der Waals surface area contributed by atoms with Crippen molar-refractivity contribution < 1.29 is 9.90 Å². The molecule has 27 heavy (non-hydrogen) atoms. The van der Waals surface area contributed by atoms with Gasteiger partial charge in [0.1, 0.15) is 0 Å². The van der Waals surface area contributed by atoms with Crippen LogP contribution in [0.25, 0.3) is 11.1 Å². The summed E-state index contributed by atoms with van der Waals surface area (Å²) in [6, 6.07) is 22.9. The average Bonchev–Trinajstić information content (AvgIpc) is 2.66. The monoisotopic (exact) mass is 377 g/mol. The lowest BCUT2D eigenvalue weighted by molar-refractivity contribution is -0.133. The number of thioether (sulfide) groups is 1. The van der Waals surface area contributed by atoms with Crippen molar-refractivity contribution in [2.24, 2.45) is 0 Å². The summed E-state index contributed by atoms with van der Waals surface area (Å²) in [5.74, 6) is -0.719. The first-order chi connectivity index (χ1) is 13.0. The van der Waals surface area contributed by atoms with Gasteiger partial charge < -0.3 is 10.4 Å². The minimum atomic E-state index is -0.800. The lowest BCUT2D eigenvalue weighted by Gasteiger charge is -2.12. The smallest absolute Gasteiger partial charge is 0.313 e. The number of carboxylic acid groups (broad SMARTS) is 1. The van der Waals surface area contributed by atoms with Crippen molar-refractivity contribution >= 4 is 23.4 Å². The Labute approximate surface area is 164 Å². The lowest BCUT2D eigenvalue weighted by Crippen LogP contribution is -2.00. The van der Waals surface area contributed by atoms with Crippen LogP contribution in [0.3, 0.4) is 0 Å². The van der Waals surface area contributed by atoms with Crippen LogP contribution in [0.4, 0.5) is 5.69 Å². The molecule has 0 aromatic heterocycles. The number of aryl methyl sites for hydroxylation is 2. The van der Waals surface area contributed by atoms with Crippen LogP contribution in [0.2, 0.25) is 0 Å². The standard InChI is InChI=1S/C23H23NO2S/c1-16-5-3-6-17(2)23(16)19-8-4-7-18(13-19)14-24-20-9-11-21(12-10-20)27-15-22(25)26/h3-13,24H,14-15H2,1-2H3,(H,25,26). The molecule has 0 bridgehead atoms. The highest BCUT2D eigenvalue weighted by atomic mass is 32.2. The van der Waals surface area contributed by atoms with E-state index in [0.29, 0.717) is 0 Å². The van der Waals surface area contributed by atoms with Crippen LogP contribution in [-0.2, 0) is 11.3 Å². The van der Waals surface area contributed by atoms with Crippen LogP contribution in [0.15, 0.2) is 71.6 Å². The minimum absolute atomic E-state index is 0.0812. The maximum Gasteiger partial charge on any atom is 0.313 e. The second-order valence-electron chi connectivity index (χ2n) is 6.53. The summed E-state index contributed by atoms with van der Waals surface area (Å²) in [6.45, 7) is 5.04. The third kappa shape index (κ3) is 5.14. The number of aliphatic carboxylic acids is 1. The number of hydrogen-bond acceptors (Lipinski definition) is 3. The molecule has 0 aliphatic rings. The van der Waals surface area contributed by atoms with Crippen LogP contribution >= 0.6 is 11.8 Å². The van der Waals surface area contributed by atoms with Crippen molar-refractivity contribution in [1.29, 1.82) is 0 Å². The molecule has 0 fully saturated rings. The Kier molecular flexibility index (Phi) is 6.20. The highest BCUT2D eigenvalue weighted by Gasteiger charge is 2.06. The van der Waals surface area contributed by atoms with Crippen LogP contribution in [0, 0.1) is 13.8 Å². The maximum atomic E-state index is 10.6. The van der Waals surface area contributed by atoms with Crippen LogP contribution < -0.4 is 5.32 Å². The molecule has 0 spiro atoms. The number of carbonyl (C=O) groups is 1. The molecular weight excluding hydrogens is 354 g/mol. The van der Waals surface area contributed by atoms with Crippen LogP contribution in [-0.4, -0.2) is 16.8 Å². The third-order valence-corrected chi connectivity index (χ3v) is 5.41. The van der Waals surface area contributed by atoms with E-state index in [0.717, 1.165) is 17.1 Å². The molecule has 138 valence electrons. The fourth-order valence-electron chi connectivity index (χ4n) is 3.12. The molecule has 3 rings (SSSR count). The number of benzene rings is 3. The van der Waals surface area contributed by atoms with Gasteiger partial charge in [-0.3, -0.25) is 4.79 Å². The Bertz CT molecular complexity index is 915. The second kappa shape index (κ2) is 8.78. The van der Waals surface area contributed by atoms with Gasteiger partial charge in [0.15, 0.2) is 0 Å². The van der Waals surface area contributed by atoms with E-state index in [1.807, 2.05) is 24.3 Å². The van der Waals surface area contributed by atoms with Gasteiger partial charge in [-0.15, -0.1) is 11.8 Å². The molecule has 4 heteroatoms. The molecule has 0 amide bonds. The van der Waals surface area contributed by atoms with Gasteiger partial charge in [-0.1, -0.05) is 36.4 Å². The second-order valence-corrected chi connectivity index (χ2v) is 7.58. The van der Waals surface area contributed by atoms with Crippen LogP contribution in [0.1, 0.15) is 16.7 Å². The summed E-state index contributed by atoms with van der Waals surface area (Å²) >= 11 is 1.33. The average molecular weight is 378 g/mol. The largest absolute Gasteiger partial charge is 0.481 e.